The summed E-state index contributed by atoms with van der Waals surface area (Å²) < 4.78 is 44.8. The minimum atomic E-state index is -3.78. The molecule has 0 radical (unpaired) electrons. The lowest BCUT2D eigenvalue weighted by atomic mass is 10.1. The summed E-state index contributed by atoms with van der Waals surface area (Å²) in [5, 5.41) is 0. The Kier molecular flexibility index (Phi) is 4.70. The van der Waals surface area contributed by atoms with Crippen LogP contribution in [0.15, 0.2) is 23.1 Å². The maximum absolute atomic E-state index is 13.2. The van der Waals surface area contributed by atoms with Crippen molar-refractivity contribution in [3.8, 4) is 5.75 Å². The molecule has 0 amide bonds. The Bertz CT molecular complexity index is 514. The standard InChI is InChI=1S/C12H18FNO3S/c1-8(2)9(3)14-18(15,16)12-7-10(13)5-6-11(12)17-4/h5-9,14H,1-4H3. The summed E-state index contributed by atoms with van der Waals surface area (Å²) in [6.45, 7) is 5.56. The number of halogens is 1. The molecule has 0 fully saturated rings. The Morgan fingerprint density at radius 1 is 1.28 bits per heavy atom. The molecule has 0 saturated heterocycles. The van der Waals surface area contributed by atoms with E-state index in [1.807, 2.05) is 13.8 Å². The van der Waals surface area contributed by atoms with Crippen LogP contribution in [0.1, 0.15) is 20.8 Å². The number of benzene rings is 1. The highest BCUT2D eigenvalue weighted by Gasteiger charge is 2.23. The molecule has 0 aromatic heterocycles. The van der Waals surface area contributed by atoms with Crippen LogP contribution in [-0.2, 0) is 10.0 Å². The molecule has 0 heterocycles. The predicted octanol–water partition coefficient (Wildman–Crippen LogP) is 2.16. The molecule has 0 aliphatic heterocycles. The Morgan fingerprint density at radius 2 is 1.89 bits per heavy atom. The third kappa shape index (κ3) is 3.43. The number of hydrogen-bond donors (Lipinski definition) is 1. The van der Waals surface area contributed by atoms with Crippen molar-refractivity contribution in [3.05, 3.63) is 24.0 Å². The first-order valence-electron chi connectivity index (χ1n) is 5.64. The first-order valence-corrected chi connectivity index (χ1v) is 7.12. The monoisotopic (exact) mass is 275 g/mol. The summed E-state index contributed by atoms with van der Waals surface area (Å²) in [6, 6.07) is 3.16. The minimum absolute atomic E-state index is 0.125. The number of ether oxygens (including phenoxy) is 1. The molecule has 0 aliphatic rings. The second-order valence-electron chi connectivity index (χ2n) is 4.45. The molecule has 102 valence electrons. The van der Waals surface area contributed by atoms with E-state index in [9.17, 15) is 12.8 Å². The van der Waals surface area contributed by atoms with Crippen molar-refractivity contribution in [2.75, 3.05) is 7.11 Å². The van der Waals surface area contributed by atoms with Gasteiger partial charge in [-0.1, -0.05) is 13.8 Å². The van der Waals surface area contributed by atoms with Gasteiger partial charge in [-0.15, -0.1) is 0 Å². The first kappa shape index (κ1) is 14.9. The summed E-state index contributed by atoms with van der Waals surface area (Å²) in [5.41, 5.74) is 0. The van der Waals surface area contributed by atoms with Crippen LogP contribution in [0.3, 0.4) is 0 Å². The smallest absolute Gasteiger partial charge is 0.244 e. The Morgan fingerprint density at radius 3 is 2.39 bits per heavy atom. The summed E-state index contributed by atoms with van der Waals surface area (Å²) in [7, 11) is -2.44. The van der Waals surface area contributed by atoms with E-state index in [1.54, 1.807) is 6.92 Å². The molecular weight excluding hydrogens is 257 g/mol. The van der Waals surface area contributed by atoms with Gasteiger partial charge in [0.1, 0.15) is 16.5 Å². The zero-order chi connectivity index (χ0) is 13.9. The third-order valence-corrected chi connectivity index (χ3v) is 4.34. The predicted molar refractivity (Wildman–Crippen MR) is 67.6 cm³/mol. The lowest BCUT2D eigenvalue weighted by Gasteiger charge is -2.18. The molecule has 6 heteroatoms. The zero-order valence-corrected chi connectivity index (χ0v) is 11.7. The van der Waals surface area contributed by atoms with E-state index >= 15 is 0 Å². The Labute approximate surface area is 107 Å². The largest absolute Gasteiger partial charge is 0.495 e. The second kappa shape index (κ2) is 5.67. The molecule has 1 unspecified atom stereocenters. The lowest BCUT2D eigenvalue weighted by Crippen LogP contribution is -2.36. The summed E-state index contributed by atoms with van der Waals surface area (Å²) in [4.78, 5) is -0.183. The summed E-state index contributed by atoms with van der Waals surface area (Å²) >= 11 is 0. The third-order valence-electron chi connectivity index (χ3n) is 2.76. The number of rotatable bonds is 5. The van der Waals surface area contributed by atoms with Crippen molar-refractivity contribution < 1.29 is 17.5 Å². The van der Waals surface area contributed by atoms with Gasteiger partial charge in [0.05, 0.1) is 7.11 Å². The number of sulfonamides is 1. The topological polar surface area (TPSA) is 55.4 Å². The van der Waals surface area contributed by atoms with Crippen LogP contribution in [-0.4, -0.2) is 21.6 Å². The van der Waals surface area contributed by atoms with E-state index < -0.39 is 15.8 Å². The Hall–Kier alpha value is -1.14. The van der Waals surface area contributed by atoms with Crippen molar-refractivity contribution in [3.63, 3.8) is 0 Å². The number of methoxy groups -OCH3 is 1. The molecule has 1 N–H and O–H groups in total. The quantitative estimate of drug-likeness (QED) is 0.896. The van der Waals surface area contributed by atoms with Gasteiger partial charge >= 0.3 is 0 Å². The van der Waals surface area contributed by atoms with Gasteiger partial charge in [0.2, 0.25) is 10.0 Å². The number of hydrogen-bond acceptors (Lipinski definition) is 3. The summed E-state index contributed by atoms with van der Waals surface area (Å²) in [5.74, 6) is -0.354. The van der Waals surface area contributed by atoms with Gasteiger partial charge in [0, 0.05) is 6.04 Å². The van der Waals surface area contributed by atoms with Gasteiger partial charge in [-0.25, -0.2) is 17.5 Å². The molecule has 1 aromatic carbocycles. The van der Waals surface area contributed by atoms with E-state index in [1.165, 1.54) is 13.2 Å². The fraction of sp³-hybridized carbons (Fsp3) is 0.500. The lowest BCUT2D eigenvalue weighted by molar-refractivity contribution is 0.399. The molecule has 1 atom stereocenters. The second-order valence-corrected chi connectivity index (χ2v) is 6.13. The fourth-order valence-electron chi connectivity index (χ4n) is 1.30. The first-order chi connectivity index (χ1) is 8.27. The highest BCUT2D eigenvalue weighted by molar-refractivity contribution is 7.89. The van der Waals surface area contributed by atoms with Crippen LogP contribution in [0.4, 0.5) is 4.39 Å². The molecule has 0 bridgehead atoms. The van der Waals surface area contributed by atoms with E-state index in [-0.39, 0.29) is 22.6 Å². The van der Waals surface area contributed by atoms with Crippen molar-refractivity contribution in [2.24, 2.45) is 5.92 Å². The van der Waals surface area contributed by atoms with Crippen LogP contribution < -0.4 is 9.46 Å². The molecular formula is C12H18FNO3S. The molecule has 1 aromatic rings. The molecule has 0 aliphatic carbocycles. The highest BCUT2D eigenvalue weighted by atomic mass is 32.2. The highest BCUT2D eigenvalue weighted by Crippen LogP contribution is 2.24. The van der Waals surface area contributed by atoms with Gasteiger partial charge < -0.3 is 4.74 Å². The summed E-state index contributed by atoms with van der Waals surface area (Å²) in [6.07, 6.45) is 0. The van der Waals surface area contributed by atoms with E-state index in [2.05, 4.69) is 4.72 Å². The minimum Gasteiger partial charge on any atom is -0.495 e. The normalized spacial score (nSPS) is 13.7. The van der Waals surface area contributed by atoms with Crippen LogP contribution in [0.25, 0.3) is 0 Å². The fourth-order valence-corrected chi connectivity index (χ4v) is 2.88. The molecule has 4 nitrogen and oxygen atoms in total. The van der Waals surface area contributed by atoms with Crippen LogP contribution >= 0.6 is 0 Å². The zero-order valence-electron chi connectivity index (χ0n) is 10.9. The van der Waals surface area contributed by atoms with E-state index in [0.29, 0.717) is 0 Å². The average Bonchev–Trinajstić information content (AvgIpc) is 2.28. The van der Waals surface area contributed by atoms with Crippen molar-refractivity contribution in [2.45, 2.75) is 31.7 Å². The average molecular weight is 275 g/mol. The number of nitrogens with one attached hydrogen (secondary N) is 1. The van der Waals surface area contributed by atoms with E-state index in [0.717, 1.165) is 12.1 Å². The van der Waals surface area contributed by atoms with Gasteiger partial charge in [0.25, 0.3) is 0 Å². The van der Waals surface area contributed by atoms with Gasteiger partial charge in [-0.2, -0.15) is 0 Å². The van der Waals surface area contributed by atoms with Gasteiger partial charge in [-0.05, 0) is 31.0 Å². The van der Waals surface area contributed by atoms with Crippen molar-refractivity contribution >= 4 is 10.0 Å². The molecule has 18 heavy (non-hydrogen) atoms. The van der Waals surface area contributed by atoms with Crippen LogP contribution in [0, 0.1) is 11.7 Å². The van der Waals surface area contributed by atoms with Crippen molar-refractivity contribution in [1.82, 2.24) is 4.72 Å². The van der Waals surface area contributed by atoms with Crippen LogP contribution in [0.5, 0.6) is 5.75 Å². The maximum Gasteiger partial charge on any atom is 0.244 e. The van der Waals surface area contributed by atoms with E-state index in [4.69, 9.17) is 4.74 Å². The SMILES string of the molecule is COc1ccc(F)cc1S(=O)(=O)NC(C)C(C)C. The Balaban J connectivity index is 3.15. The van der Waals surface area contributed by atoms with Crippen molar-refractivity contribution in [1.29, 1.82) is 0 Å². The molecule has 0 saturated carbocycles. The van der Waals surface area contributed by atoms with Crippen LogP contribution in [0.2, 0.25) is 0 Å². The molecule has 0 spiro atoms. The van der Waals surface area contributed by atoms with Gasteiger partial charge in [-0.3, -0.25) is 0 Å². The maximum atomic E-state index is 13.2. The molecule has 1 rings (SSSR count). The van der Waals surface area contributed by atoms with Gasteiger partial charge in [0.15, 0.2) is 0 Å².